The number of hydrogen-bond donors (Lipinski definition) is 0. The number of fused-ring (bicyclic) bond motifs is 1. The van der Waals surface area contributed by atoms with Gasteiger partial charge in [-0.05, 0) is 23.6 Å². The molecule has 0 aliphatic heterocycles. The zero-order valence-electron chi connectivity index (χ0n) is 10.3. The molecule has 0 N–H and O–H groups in total. The van der Waals surface area contributed by atoms with E-state index < -0.39 is 0 Å². The molecule has 0 amide bonds. The summed E-state index contributed by atoms with van der Waals surface area (Å²) < 4.78 is 5.38. The van der Waals surface area contributed by atoms with Gasteiger partial charge in [-0.3, -0.25) is 0 Å². The number of alkyl halides is 1. The molecule has 2 aromatic rings. The first-order valence-electron chi connectivity index (χ1n) is 5.70. The van der Waals surface area contributed by atoms with Crippen LogP contribution in [0.3, 0.4) is 0 Å². The molecule has 1 aromatic carbocycles. The second-order valence-corrected chi connectivity index (χ2v) is 4.91. The van der Waals surface area contributed by atoms with Crippen molar-refractivity contribution in [2.45, 2.75) is 25.1 Å². The molecule has 1 heterocycles. The first kappa shape index (κ1) is 12.4. The highest BCUT2D eigenvalue weighted by Crippen LogP contribution is 2.29. The van der Waals surface area contributed by atoms with Crippen LogP contribution in [0, 0.1) is 0 Å². The minimum atomic E-state index is 0.419. The van der Waals surface area contributed by atoms with Crippen molar-refractivity contribution in [2.75, 3.05) is 7.11 Å². The number of methoxy groups -OCH3 is 1. The van der Waals surface area contributed by atoms with E-state index in [1.165, 1.54) is 5.56 Å². The Hall–Kier alpha value is -1.09. The van der Waals surface area contributed by atoms with E-state index in [1.54, 1.807) is 7.11 Å². The Kier molecular flexibility index (Phi) is 3.67. The predicted molar refractivity (Wildman–Crippen MR) is 75.0 cm³/mol. The van der Waals surface area contributed by atoms with E-state index in [0.29, 0.717) is 5.92 Å². The van der Waals surface area contributed by atoms with Gasteiger partial charge < -0.3 is 4.74 Å². The molecular formula is C14H16BrNO. The van der Waals surface area contributed by atoms with E-state index in [9.17, 15) is 0 Å². The van der Waals surface area contributed by atoms with Crippen LogP contribution in [0.5, 0.6) is 5.75 Å². The van der Waals surface area contributed by atoms with Gasteiger partial charge in [-0.15, -0.1) is 0 Å². The zero-order chi connectivity index (χ0) is 12.4. The molecule has 3 heteroatoms. The summed E-state index contributed by atoms with van der Waals surface area (Å²) in [6, 6.07) is 8.22. The van der Waals surface area contributed by atoms with Crippen LogP contribution in [0.2, 0.25) is 0 Å². The lowest BCUT2D eigenvalue weighted by molar-refractivity contribution is 0.418. The summed E-state index contributed by atoms with van der Waals surface area (Å²) in [5.41, 5.74) is 3.32. The predicted octanol–water partition coefficient (Wildman–Crippen LogP) is 4.26. The summed E-state index contributed by atoms with van der Waals surface area (Å²) in [6.45, 7) is 4.31. The van der Waals surface area contributed by atoms with E-state index >= 15 is 0 Å². The zero-order valence-corrected chi connectivity index (χ0v) is 11.9. The average Bonchev–Trinajstić information content (AvgIpc) is 2.36. The number of benzene rings is 1. The van der Waals surface area contributed by atoms with Crippen LogP contribution in [0.15, 0.2) is 24.3 Å². The standard InChI is InChI=1S/C14H16BrNO/c1-9(2)12-7-10(8-15)11-5-4-6-13(17-3)14(11)16-12/h4-7,9H,8H2,1-3H3. The summed E-state index contributed by atoms with van der Waals surface area (Å²) >= 11 is 3.54. The minimum absolute atomic E-state index is 0.419. The number of aromatic nitrogens is 1. The van der Waals surface area contributed by atoms with Gasteiger partial charge in [-0.1, -0.05) is 41.9 Å². The van der Waals surface area contributed by atoms with Crippen LogP contribution in [-0.2, 0) is 5.33 Å². The maximum atomic E-state index is 5.38. The molecule has 0 saturated heterocycles. The van der Waals surface area contributed by atoms with E-state index in [0.717, 1.165) is 27.7 Å². The number of nitrogens with zero attached hydrogens (tertiary/aromatic N) is 1. The first-order valence-corrected chi connectivity index (χ1v) is 6.82. The number of rotatable bonds is 3. The van der Waals surface area contributed by atoms with Gasteiger partial charge in [-0.2, -0.15) is 0 Å². The van der Waals surface area contributed by atoms with Crippen molar-refractivity contribution < 1.29 is 4.74 Å². The number of halogens is 1. The SMILES string of the molecule is COc1cccc2c(CBr)cc(C(C)C)nc12. The molecule has 2 nitrogen and oxygen atoms in total. The Labute approximate surface area is 110 Å². The molecule has 0 atom stereocenters. The van der Waals surface area contributed by atoms with Crippen molar-refractivity contribution in [3.63, 3.8) is 0 Å². The number of hydrogen-bond acceptors (Lipinski definition) is 2. The lowest BCUT2D eigenvalue weighted by Crippen LogP contribution is -1.98. The lowest BCUT2D eigenvalue weighted by Gasteiger charge is -2.12. The molecule has 0 saturated carbocycles. The maximum Gasteiger partial charge on any atom is 0.145 e. The van der Waals surface area contributed by atoms with Crippen LogP contribution in [-0.4, -0.2) is 12.1 Å². The van der Waals surface area contributed by atoms with Gasteiger partial charge in [0.05, 0.1) is 7.11 Å². The smallest absolute Gasteiger partial charge is 0.145 e. The molecule has 0 aliphatic rings. The summed E-state index contributed by atoms with van der Waals surface area (Å²) in [7, 11) is 1.69. The Morgan fingerprint density at radius 2 is 2.12 bits per heavy atom. The molecule has 0 fully saturated rings. The third kappa shape index (κ3) is 2.29. The molecule has 2 rings (SSSR count). The van der Waals surface area contributed by atoms with Crippen LogP contribution in [0.25, 0.3) is 10.9 Å². The number of para-hydroxylation sites is 1. The fourth-order valence-corrected chi connectivity index (χ4v) is 2.35. The van der Waals surface area contributed by atoms with Crippen LogP contribution < -0.4 is 4.74 Å². The van der Waals surface area contributed by atoms with Crippen molar-refractivity contribution in [2.24, 2.45) is 0 Å². The maximum absolute atomic E-state index is 5.38. The number of ether oxygens (including phenoxy) is 1. The van der Waals surface area contributed by atoms with Gasteiger partial charge in [-0.25, -0.2) is 4.98 Å². The minimum Gasteiger partial charge on any atom is -0.494 e. The third-order valence-electron chi connectivity index (χ3n) is 2.86. The molecule has 0 radical (unpaired) electrons. The van der Waals surface area contributed by atoms with Crippen molar-refractivity contribution in [3.05, 3.63) is 35.5 Å². The molecule has 1 aromatic heterocycles. The monoisotopic (exact) mass is 293 g/mol. The molecule has 17 heavy (non-hydrogen) atoms. The molecule has 0 unspecified atom stereocenters. The normalized spacial score (nSPS) is 11.1. The Morgan fingerprint density at radius 1 is 1.35 bits per heavy atom. The van der Waals surface area contributed by atoms with Crippen molar-refractivity contribution in [1.29, 1.82) is 0 Å². The molecule has 0 bridgehead atoms. The Balaban J connectivity index is 2.78. The lowest BCUT2D eigenvalue weighted by atomic mass is 10.0. The fourth-order valence-electron chi connectivity index (χ4n) is 1.89. The highest BCUT2D eigenvalue weighted by Gasteiger charge is 2.10. The van der Waals surface area contributed by atoms with Gasteiger partial charge in [0.1, 0.15) is 11.3 Å². The second kappa shape index (κ2) is 5.05. The first-order chi connectivity index (χ1) is 8.17. The van der Waals surface area contributed by atoms with Gasteiger partial charge in [0, 0.05) is 16.4 Å². The summed E-state index contributed by atoms with van der Waals surface area (Å²) in [4.78, 5) is 4.71. The number of pyridine rings is 1. The average molecular weight is 294 g/mol. The molecule has 90 valence electrons. The molecule has 0 spiro atoms. The van der Waals surface area contributed by atoms with Crippen molar-refractivity contribution in [3.8, 4) is 5.75 Å². The van der Waals surface area contributed by atoms with E-state index in [-0.39, 0.29) is 0 Å². The molecular weight excluding hydrogens is 278 g/mol. The second-order valence-electron chi connectivity index (χ2n) is 4.35. The Morgan fingerprint density at radius 3 is 2.71 bits per heavy atom. The van der Waals surface area contributed by atoms with Gasteiger partial charge >= 0.3 is 0 Å². The topological polar surface area (TPSA) is 22.1 Å². The molecule has 0 aliphatic carbocycles. The van der Waals surface area contributed by atoms with Crippen molar-refractivity contribution >= 4 is 26.8 Å². The summed E-state index contributed by atoms with van der Waals surface area (Å²) in [5, 5.41) is 1.99. The largest absolute Gasteiger partial charge is 0.494 e. The quantitative estimate of drug-likeness (QED) is 0.789. The van der Waals surface area contributed by atoms with Crippen molar-refractivity contribution in [1.82, 2.24) is 4.98 Å². The van der Waals surface area contributed by atoms with Gasteiger partial charge in [0.15, 0.2) is 0 Å². The van der Waals surface area contributed by atoms with E-state index in [1.807, 2.05) is 12.1 Å². The summed E-state index contributed by atoms with van der Waals surface area (Å²) in [5.74, 6) is 1.26. The van der Waals surface area contributed by atoms with E-state index in [2.05, 4.69) is 41.9 Å². The third-order valence-corrected chi connectivity index (χ3v) is 3.47. The van der Waals surface area contributed by atoms with Crippen LogP contribution >= 0.6 is 15.9 Å². The van der Waals surface area contributed by atoms with Crippen LogP contribution in [0.1, 0.15) is 31.0 Å². The Bertz CT molecular complexity index is 537. The van der Waals surface area contributed by atoms with Gasteiger partial charge in [0.2, 0.25) is 0 Å². The van der Waals surface area contributed by atoms with Crippen LogP contribution in [0.4, 0.5) is 0 Å². The highest BCUT2D eigenvalue weighted by molar-refractivity contribution is 9.08. The van der Waals surface area contributed by atoms with Gasteiger partial charge in [0.25, 0.3) is 0 Å². The highest BCUT2D eigenvalue weighted by atomic mass is 79.9. The van der Waals surface area contributed by atoms with E-state index in [4.69, 9.17) is 9.72 Å². The fraction of sp³-hybridized carbons (Fsp3) is 0.357. The summed E-state index contributed by atoms with van der Waals surface area (Å²) in [6.07, 6.45) is 0.